The first-order valence-electron chi connectivity index (χ1n) is 9.81. The fraction of sp³-hybridized carbons (Fsp3) is 0.417. The lowest BCUT2D eigenvalue weighted by atomic mass is 9.63. The third kappa shape index (κ3) is 3.49. The third-order valence-corrected chi connectivity index (χ3v) is 6.08. The maximum Gasteiger partial charge on any atom is 0.0771 e. The molecular weight excluding hydrogens is 318 g/mol. The van der Waals surface area contributed by atoms with Gasteiger partial charge in [-0.25, -0.2) is 0 Å². The second kappa shape index (κ2) is 8.20. The highest BCUT2D eigenvalue weighted by Crippen LogP contribution is 2.50. The molecule has 2 aromatic rings. The molecule has 1 aliphatic heterocycles. The van der Waals surface area contributed by atoms with Gasteiger partial charge in [-0.05, 0) is 24.0 Å². The van der Waals surface area contributed by atoms with Crippen molar-refractivity contribution < 1.29 is 5.11 Å². The molecule has 26 heavy (non-hydrogen) atoms. The minimum atomic E-state index is -0.774. The molecule has 1 aliphatic rings. The highest BCUT2D eigenvalue weighted by Gasteiger charge is 2.51. The summed E-state index contributed by atoms with van der Waals surface area (Å²) in [5, 5.41) is 15.8. The minimum Gasteiger partial charge on any atom is -0.389 e. The van der Waals surface area contributed by atoms with Crippen molar-refractivity contribution in [2.24, 2.45) is 11.8 Å². The van der Waals surface area contributed by atoms with Crippen LogP contribution in [-0.4, -0.2) is 10.7 Å². The fourth-order valence-electron chi connectivity index (χ4n) is 4.70. The smallest absolute Gasteiger partial charge is 0.0771 e. The SMILES string of the molecule is C=CCC1(O)C(C)C(c2ccccc2)NC(c2ccccc2)C1CCC. The van der Waals surface area contributed by atoms with Crippen LogP contribution in [0.25, 0.3) is 0 Å². The molecule has 0 spiro atoms. The maximum atomic E-state index is 11.9. The van der Waals surface area contributed by atoms with Crippen LogP contribution in [0.5, 0.6) is 0 Å². The zero-order valence-corrected chi connectivity index (χ0v) is 15.9. The normalized spacial score (nSPS) is 31.5. The standard InChI is InChI=1S/C24H31NO/c1-4-12-21-23(20-15-10-7-11-16-20)25-22(19-13-8-6-9-14-19)18(3)24(21,26)17-5-2/h5-11,13-16,18,21-23,25-26H,2,4,12,17H2,1,3H3. The molecule has 0 radical (unpaired) electrons. The molecule has 3 rings (SSSR count). The largest absolute Gasteiger partial charge is 0.389 e. The lowest BCUT2D eigenvalue weighted by Crippen LogP contribution is -2.58. The fourth-order valence-corrected chi connectivity index (χ4v) is 4.70. The predicted molar refractivity (Wildman–Crippen MR) is 109 cm³/mol. The van der Waals surface area contributed by atoms with Gasteiger partial charge < -0.3 is 10.4 Å². The van der Waals surface area contributed by atoms with Crippen LogP contribution in [0.4, 0.5) is 0 Å². The molecule has 5 atom stereocenters. The topological polar surface area (TPSA) is 32.3 Å². The Morgan fingerprint density at radius 2 is 1.54 bits per heavy atom. The van der Waals surface area contributed by atoms with Gasteiger partial charge in [0.25, 0.3) is 0 Å². The first-order chi connectivity index (χ1) is 12.6. The average molecular weight is 350 g/mol. The van der Waals surface area contributed by atoms with Crippen LogP contribution in [-0.2, 0) is 0 Å². The Labute approximate surface area is 158 Å². The summed E-state index contributed by atoms with van der Waals surface area (Å²) in [5.41, 5.74) is 1.71. The van der Waals surface area contributed by atoms with Crippen molar-refractivity contribution >= 4 is 0 Å². The van der Waals surface area contributed by atoms with E-state index in [1.807, 2.05) is 18.2 Å². The number of aliphatic hydroxyl groups is 1. The zero-order chi connectivity index (χ0) is 18.6. The quantitative estimate of drug-likeness (QED) is 0.681. The van der Waals surface area contributed by atoms with Crippen LogP contribution >= 0.6 is 0 Å². The van der Waals surface area contributed by atoms with Crippen LogP contribution in [0.15, 0.2) is 73.3 Å². The van der Waals surface area contributed by atoms with Crippen molar-refractivity contribution in [3.8, 4) is 0 Å². The molecule has 1 fully saturated rings. The summed E-state index contributed by atoms with van der Waals surface area (Å²) in [6, 6.07) is 21.3. The number of hydrogen-bond donors (Lipinski definition) is 2. The molecule has 5 unspecified atom stereocenters. The lowest BCUT2D eigenvalue weighted by molar-refractivity contribution is -0.117. The Bertz CT molecular complexity index is 699. The number of rotatable bonds is 6. The number of piperidine rings is 1. The number of nitrogens with one attached hydrogen (secondary N) is 1. The molecule has 2 heteroatoms. The van der Waals surface area contributed by atoms with Crippen LogP contribution in [0.2, 0.25) is 0 Å². The Kier molecular flexibility index (Phi) is 5.95. The van der Waals surface area contributed by atoms with E-state index in [1.165, 1.54) is 11.1 Å². The van der Waals surface area contributed by atoms with Crippen LogP contribution in [0, 0.1) is 11.8 Å². The van der Waals surface area contributed by atoms with Crippen LogP contribution in [0.1, 0.15) is 56.3 Å². The summed E-state index contributed by atoms with van der Waals surface area (Å²) in [4.78, 5) is 0. The van der Waals surface area contributed by atoms with Crippen molar-refractivity contribution in [1.29, 1.82) is 0 Å². The van der Waals surface area contributed by atoms with Gasteiger partial charge in [0.1, 0.15) is 0 Å². The van der Waals surface area contributed by atoms with E-state index in [0.29, 0.717) is 6.42 Å². The molecule has 0 aromatic heterocycles. The van der Waals surface area contributed by atoms with Crippen molar-refractivity contribution in [3.63, 3.8) is 0 Å². The van der Waals surface area contributed by atoms with E-state index in [4.69, 9.17) is 0 Å². The molecular formula is C24H31NO. The highest BCUT2D eigenvalue weighted by atomic mass is 16.3. The molecule has 2 N–H and O–H groups in total. The van der Waals surface area contributed by atoms with Crippen molar-refractivity contribution in [3.05, 3.63) is 84.4 Å². The lowest BCUT2D eigenvalue weighted by Gasteiger charge is -2.53. The summed E-state index contributed by atoms with van der Waals surface area (Å²) in [7, 11) is 0. The molecule has 1 heterocycles. The molecule has 2 aromatic carbocycles. The van der Waals surface area contributed by atoms with E-state index in [-0.39, 0.29) is 23.9 Å². The van der Waals surface area contributed by atoms with E-state index in [9.17, 15) is 5.11 Å². The van der Waals surface area contributed by atoms with Gasteiger partial charge in [0, 0.05) is 23.9 Å². The van der Waals surface area contributed by atoms with Crippen molar-refractivity contribution in [1.82, 2.24) is 5.32 Å². The summed E-state index contributed by atoms with van der Waals surface area (Å²) in [6.45, 7) is 8.32. The average Bonchev–Trinajstić information content (AvgIpc) is 2.68. The van der Waals surface area contributed by atoms with E-state index in [0.717, 1.165) is 12.8 Å². The summed E-state index contributed by atoms with van der Waals surface area (Å²) in [5.74, 6) is 0.252. The third-order valence-electron chi connectivity index (χ3n) is 6.08. The number of hydrogen-bond acceptors (Lipinski definition) is 2. The van der Waals surface area contributed by atoms with E-state index in [2.05, 4.69) is 74.3 Å². The predicted octanol–water partition coefficient (Wildman–Crippen LogP) is 5.43. The van der Waals surface area contributed by atoms with Gasteiger partial charge in [-0.15, -0.1) is 6.58 Å². The zero-order valence-electron chi connectivity index (χ0n) is 15.9. The molecule has 0 saturated carbocycles. The van der Waals surface area contributed by atoms with Gasteiger partial charge in [-0.3, -0.25) is 0 Å². The maximum absolute atomic E-state index is 11.9. The second-order valence-electron chi connectivity index (χ2n) is 7.61. The van der Waals surface area contributed by atoms with E-state index < -0.39 is 5.60 Å². The van der Waals surface area contributed by atoms with Gasteiger partial charge in [-0.1, -0.05) is 87.0 Å². The monoisotopic (exact) mass is 349 g/mol. The first kappa shape index (κ1) is 18.9. The van der Waals surface area contributed by atoms with Crippen LogP contribution < -0.4 is 5.32 Å². The van der Waals surface area contributed by atoms with E-state index in [1.54, 1.807) is 0 Å². The van der Waals surface area contributed by atoms with Crippen molar-refractivity contribution in [2.45, 2.75) is 50.8 Å². The molecule has 1 saturated heterocycles. The Hall–Kier alpha value is -1.90. The second-order valence-corrected chi connectivity index (χ2v) is 7.61. The summed E-state index contributed by atoms with van der Waals surface area (Å²) in [6.07, 6.45) is 4.54. The molecule has 0 amide bonds. The Morgan fingerprint density at radius 3 is 2.04 bits per heavy atom. The highest BCUT2D eigenvalue weighted by molar-refractivity contribution is 5.28. The first-order valence-corrected chi connectivity index (χ1v) is 9.81. The Morgan fingerprint density at radius 1 is 1.00 bits per heavy atom. The van der Waals surface area contributed by atoms with Crippen LogP contribution in [0.3, 0.4) is 0 Å². The molecule has 0 aliphatic carbocycles. The summed E-state index contributed by atoms with van der Waals surface area (Å²) >= 11 is 0. The van der Waals surface area contributed by atoms with Gasteiger partial charge in [-0.2, -0.15) is 0 Å². The van der Waals surface area contributed by atoms with Gasteiger partial charge in [0.15, 0.2) is 0 Å². The van der Waals surface area contributed by atoms with Crippen molar-refractivity contribution in [2.75, 3.05) is 0 Å². The minimum absolute atomic E-state index is 0.0967. The van der Waals surface area contributed by atoms with Gasteiger partial charge in [0.05, 0.1) is 5.60 Å². The summed E-state index contributed by atoms with van der Waals surface area (Å²) < 4.78 is 0. The molecule has 0 bridgehead atoms. The van der Waals surface area contributed by atoms with E-state index >= 15 is 0 Å². The van der Waals surface area contributed by atoms with Gasteiger partial charge >= 0.3 is 0 Å². The van der Waals surface area contributed by atoms with Gasteiger partial charge in [0.2, 0.25) is 0 Å². The number of benzene rings is 2. The molecule has 138 valence electrons. The Balaban J connectivity index is 2.07. The molecule has 2 nitrogen and oxygen atoms in total.